The number of nitrogens with zero attached hydrogens (tertiary/aromatic N) is 4. The quantitative estimate of drug-likeness (QED) is 0.655. The number of fused-ring (bicyclic) bond motifs is 1. The molecular weight excluding hydrogens is 378 g/mol. The Morgan fingerprint density at radius 1 is 1.23 bits per heavy atom. The largest absolute Gasteiger partial charge is 0.507 e. The number of H-pyrrole nitrogens is 1. The first-order chi connectivity index (χ1) is 14.5. The van der Waals surface area contributed by atoms with Gasteiger partial charge >= 0.3 is 0 Å². The monoisotopic (exact) mass is 403 g/mol. The van der Waals surface area contributed by atoms with Gasteiger partial charge in [-0.05, 0) is 49.9 Å². The summed E-state index contributed by atoms with van der Waals surface area (Å²) in [4.78, 5) is 19.6. The molecule has 2 saturated heterocycles. The van der Waals surface area contributed by atoms with Gasteiger partial charge in [-0.25, -0.2) is 0 Å². The molecule has 2 aliphatic rings. The lowest BCUT2D eigenvalue weighted by molar-refractivity contribution is -0.130. The van der Waals surface area contributed by atoms with Crippen molar-refractivity contribution in [2.75, 3.05) is 33.2 Å². The molecule has 2 N–H and O–H groups in total. The zero-order chi connectivity index (χ0) is 20.8. The summed E-state index contributed by atoms with van der Waals surface area (Å²) in [5, 5.41) is 20.1. The third-order valence-electron chi connectivity index (χ3n) is 6.38. The number of nitrogens with one attached hydrogen (secondary N) is 1. The first-order valence-electron chi connectivity index (χ1n) is 10.3. The Bertz CT molecular complexity index is 1130. The Balaban J connectivity index is 1.59. The first kappa shape index (κ1) is 18.8. The van der Waals surface area contributed by atoms with E-state index in [1.165, 1.54) is 17.3 Å². The van der Waals surface area contributed by atoms with Crippen molar-refractivity contribution < 1.29 is 9.90 Å². The van der Waals surface area contributed by atoms with Gasteiger partial charge in [0.1, 0.15) is 5.75 Å². The lowest BCUT2D eigenvalue weighted by Gasteiger charge is -2.39. The number of carbonyl (C=O) groups is 1. The zero-order valence-electron chi connectivity index (χ0n) is 17.0. The Labute approximate surface area is 175 Å². The molecule has 0 unspecified atom stereocenters. The molecule has 0 aliphatic carbocycles. The maximum absolute atomic E-state index is 11.9. The number of amides is 1. The number of phenols is 1. The number of aromatic amines is 1. The number of phenolic OH excluding ortho intramolecular Hbond substituents is 1. The van der Waals surface area contributed by atoms with Crippen LogP contribution in [0, 0.1) is 0 Å². The SMILES string of the molecule is C=CC(=O)N1CC(c2[nH]c3nnc(-c4ccccc4O)cc3c2[C@@H]2CCN(C)C2)C1. The summed E-state index contributed by atoms with van der Waals surface area (Å²) in [7, 11) is 2.15. The third-order valence-corrected chi connectivity index (χ3v) is 6.38. The molecule has 5 rings (SSSR count). The Kier molecular flexibility index (Phi) is 4.55. The molecule has 2 fully saturated rings. The van der Waals surface area contributed by atoms with E-state index < -0.39 is 0 Å². The fraction of sp³-hybridized carbons (Fsp3) is 0.348. The number of para-hydroxylation sites is 1. The molecule has 3 aromatic rings. The topological polar surface area (TPSA) is 85.3 Å². The van der Waals surface area contributed by atoms with E-state index in [2.05, 4.69) is 33.7 Å². The van der Waals surface area contributed by atoms with E-state index in [9.17, 15) is 9.90 Å². The van der Waals surface area contributed by atoms with E-state index in [1.54, 1.807) is 12.1 Å². The Morgan fingerprint density at radius 3 is 2.73 bits per heavy atom. The molecule has 154 valence electrons. The maximum atomic E-state index is 11.9. The van der Waals surface area contributed by atoms with Crippen molar-refractivity contribution in [3.63, 3.8) is 0 Å². The van der Waals surface area contributed by atoms with Crippen molar-refractivity contribution in [3.05, 3.63) is 54.2 Å². The third kappa shape index (κ3) is 3.06. The van der Waals surface area contributed by atoms with Crippen LogP contribution in [0.5, 0.6) is 5.75 Å². The van der Waals surface area contributed by atoms with Crippen molar-refractivity contribution >= 4 is 16.9 Å². The number of likely N-dealkylation sites (tertiary alicyclic amines) is 2. The number of carbonyl (C=O) groups excluding carboxylic acids is 1. The van der Waals surface area contributed by atoms with Gasteiger partial charge in [-0.15, -0.1) is 10.2 Å². The molecule has 2 aromatic heterocycles. The standard InChI is InChI=1S/C23H25N5O2/c1-3-20(30)28-12-15(13-28)22-21(14-8-9-27(2)11-14)17-10-18(25-26-23(17)24-22)16-6-4-5-7-19(16)29/h3-7,10,14-15,29H,1,8-9,11-13H2,2H3,(H,24,26)/t14-/m1/s1. The summed E-state index contributed by atoms with van der Waals surface area (Å²) >= 11 is 0. The van der Waals surface area contributed by atoms with Crippen molar-refractivity contribution in [1.82, 2.24) is 25.0 Å². The van der Waals surface area contributed by atoms with Crippen LogP contribution in [0.15, 0.2) is 43.0 Å². The Hall–Kier alpha value is -3.19. The predicted octanol–water partition coefficient (Wildman–Crippen LogP) is 2.86. The molecule has 7 nitrogen and oxygen atoms in total. The molecule has 1 amide bonds. The zero-order valence-corrected chi connectivity index (χ0v) is 17.0. The number of hydrogen-bond donors (Lipinski definition) is 2. The summed E-state index contributed by atoms with van der Waals surface area (Å²) in [5.74, 6) is 0.842. The van der Waals surface area contributed by atoms with Crippen LogP contribution in [0.4, 0.5) is 0 Å². The predicted molar refractivity (Wildman–Crippen MR) is 115 cm³/mol. The molecule has 0 saturated carbocycles. The van der Waals surface area contributed by atoms with E-state index in [4.69, 9.17) is 0 Å². The summed E-state index contributed by atoms with van der Waals surface area (Å²) in [6, 6.07) is 9.24. The van der Waals surface area contributed by atoms with E-state index in [1.807, 2.05) is 23.1 Å². The average molecular weight is 403 g/mol. The summed E-state index contributed by atoms with van der Waals surface area (Å²) < 4.78 is 0. The van der Waals surface area contributed by atoms with Crippen LogP contribution < -0.4 is 0 Å². The highest BCUT2D eigenvalue weighted by Crippen LogP contribution is 2.41. The van der Waals surface area contributed by atoms with Gasteiger partial charge in [-0.2, -0.15) is 0 Å². The number of aromatic nitrogens is 3. The van der Waals surface area contributed by atoms with E-state index in [0.29, 0.717) is 30.3 Å². The molecule has 1 aromatic carbocycles. The van der Waals surface area contributed by atoms with Gasteiger partial charge in [0.2, 0.25) is 5.91 Å². The number of hydrogen-bond acceptors (Lipinski definition) is 5. The average Bonchev–Trinajstić information content (AvgIpc) is 3.29. The minimum absolute atomic E-state index is 0.0221. The van der Waals surface area contributed by atoms with Crippen molar-refractivity contribution in [2.24, 2.45) is 0 Å². The second-order valence-corrected chi connectivity index (χ2v) is 8.35. The van der Waals surface area contributed by atoms with Gasteiger partial charge in [-0.3, -0.25) is 4.79 Å². The van der Waals surface area contributed by atoms with Crippen LogP contribution in [-0.2, 0) is 4.79 Å². The van der Waals surface area contributed by atoms with Crippen molar-refractivity contribution in [3.8, 4) is 17.0 Å². The molecular formula is C23H25N5O2. The maximum Gasteiger partial charge on any atom is 0.245 e. The van der Waals surface area contributed by atoms with Crippen LogP contribution in [0.25, 0.3) is 22.3 Å². The van der Waals surface area contributed by atoms with E-state index in [0.717, 1.165) is 30.5 Å². The van der Waals surface area contributed by atoms with Gasteiger partial charge in [0.25, 0.3) is 0 Å². The van der Waals surface area contributed by atoms with Crippen LogP contribution in [0.2, 0.25) is 0 Å². The minimum Gasteiger partial charge on any atom is -0.507 e. The van der Waals surface area contributed by atoms with Crippen LogP contribution >= 0.6 is 0 Å². The highest BCUT2D eigenvalue weighted by atomic mass is 16.3. The molecule has 0 spiro atoms. The second-order valence-electron chi connectivity index (χ2n) is 8.35. The molecule has 0 radical (unpaired) electrons. The molecule has 1 atom stereocenters. The lowest BCUT2D eigenvalue weighted by Crippen LogP contribution is -2.48. The van der Waals surface area contributed by atoms with E-state index in [-0.39, 0.29) is 17.6 Å². The normalized spacial score (nSPS) is 19.9. The van der Waals surface area contributed by atoms with Crippen molar-refractivity contribution in [2.45, 2.75) is 18.3 Å². The Morgan fingerprint density at radius 2 is 2.03 bits per heavy atom. The van der Waals surface area contributed by atoms with Gasteiger partial charge in [-0.1, -0.05) is 18.7 Å². The fourth-order valence-electron chi connectivity index (χ4n) is 4.75. The number of benzene rings is 1. The molecule has 4 heterocycles. The highest BCUT2D eigenvalue weighted by Gasteiger charge is 2.36. The van der Waals surface area contributed by atoms with E-state index >= 15 is 0 Å². The second kappa shape index (κ2) is 7.25. The minimum atomic E-state index is -0.0221. The highest BCUT2D eigenvalue weighted by molar-refractivity contribution is 5.89. The van der Waals surface area contributed by atoms with Gasteiger partial charge in [0.15, 0.2) is 5.65 Å². The lowest BCUT2D eigenvalue weighted by atomic mass is 9.87. The summed E-state index contributed by atoms with van der Waals surface area (Å²) in [6.45, 7) is 7.02. The number of aromatic hydroxyl groups is 1. The smallest absolute Gasteiger partial charge is 0.245 e. The summed E-state index contributed by atoms with van der Waals surface area (Å²) in [5.41, 5.74) is 4.56. The molecule has 7 heteroatoms. The van der Waals surface area contributed by atoms with Gasteiger partial charge in [0, 0.05) is 48.1 Å². The van der Waals surface area contributed by atoms with Gasteiger partial charge < -0.3 is 19.9 Å². The fourth-order valence-corrected chi connectivity index (χ4v) is 4.75. The molecule has 0 bridgehead atoms. The first-order valence-corrected chi connectivity index (χ1v) is 10.3. The van der Waals surface area contributed by atoms with Crippen LogP contribution in [-0.4, -0.2) is 69.2 Å². The van der Waals surface area contributed by atoms with Gasteiger partial charge in [0.05, 0.1) is 5.69 Å². The van der Waals surface area contributed by atoms with Crippen molar-refractivity contribution in [1.29, 1.82) is 0 Å². The summed E-state index contributed by atoms with van der Waals surface area (Å²) in [6.07, 6.45) is 2.46. The van der Waals surface area contributed by atoms with Crippen LogP contribution in [0.1, 0.15) is 29.5 Å². The number of rotatable bonds is 4. The molecule has 30 heavy (non-hydrogen) atoms. The molecule has 2 aliphatic heterocycles. The number of likely N-dealkylation sites (N-methyl/N-ethyl adjacent to an activating group) is 1. The van der Waals surface area contributed by atoms with Crippen LogP contribution in [0.3, 0.4) is 0 Å².